The molecule has 1 amide bonds. The molecule has 23 heavy (non-hydrogen) atoms. The fourth-order valence-electron chi connectivity index (χ4n) is 2.14. The fraction of sp³-hybridized carbons (Fsp3) is 0.278. The van der Waals surface area contributed by atoms with Crippen LogP contribution < -0.4 is 10.1 Å². The van der Waals surface area contributed by atoms with Crippen molar-refractivity contribution in [3.05, 3.63) is 58.1 Å². The number of amides is 1. The summed E-state index contributed by atoms with van der Waals surface area (Å²) in [5.41, 5.74) is 1.53. The second-order valence-electron chi connectivity index (χ2n) is 5.57. The summed E-state index contributed by atoms with van der Waals surface area (Å²) in [6.07, 6.45) is -0.662. The maximum atomic E-state index is 12.3. The van der Waals surface area contributed by atoms with E-state index in [1.165, 1.54) is 0 Å². The Hall–Kier alpha value is -1.71. The van der Waals surface area contributed by atoms with Gasteiger partial charge in [-0.2, -0.15) is 0 Å². The highest BCUT2D eigenvalue weighted by Crippen LogP contribution is 2.28. The van der Waals surface area contributed by atoms with Crippen molar-refractivity contribution in [1.82, 2.24) is 0 Å². The standard InChI is InChI=1S/C18H19Cl2NO2/c1-11(2)14-6-4-5-7-17(14)23-12(3)18(22)21-16-10-13(19)8-9-15(16)20/h4-12H,1-3H3,(H,21,22)/t12-/m0/s1. The van der Waals surface area contributed by atoms with Crippen LogP contribution in [0.25, 0.3) is 0 Å². The van der Waals surface area contributed by atoms with E-state index >= 15 is 0 Å². The molecule has 0 unspecified atom stereocenters. The Balaban J connectivity index is 2.10. The lowest BCUT2D eigenvalue weighted by atomic mass is 10.0. The Kier molecular flexibility index (Phi) is 5.91. The van der Waals surface area contributed by atoms with Crippen molar-refractivity contribution in [2.24, 2.45) is 0 Å². The number of benzene rings is 2. The minimum Gasteiger partial charge on any atom is -0.481 e. The number of anilines is 1. The van der Waals surface area contributed by atoms with Gasteiger partial charge in [-0.15, -0.1) is 0 Å². The Labute approximate surface area is 146 Å². The molecule has 122 valence electrons. The predicted octanol–water partition coefficient (Wildman–Crippen LogP) is 5.52. The van der Waals surface area contributed by atoms with Crippen LogP contribution in [0, 0.1) is 0 Å². The third-order valence-electron chi connectivity index (χ3n) is 3.40. The zero-order valence-electron chi connectivity index (χ0n) is 13.3. The van der Waals surface area contributed by atoms with Gasteiger partial charge in [0.2, 0.25) is 0 Å². The Bertz CT molecular complexity index is 701. The summed E-state index contributed by atoms with van der Waals surface area (Å²) >= 11 is 12.0. The highest BCUT2D eigenvalue weighted by Gasteiger charge is 2.18. The van der Waals surface area contributed by atoms with Crippen LogP contribution in [-0.2, 0) is 4.79 Å². The molecule has 0 saturated heterocycles. The fourth-order valence-corrected chi connectivity index (χ4v) is 2.47. The van der Waals surface area contributed by atoms with Gasteiger partial charge in [-0.25, -0.2) is 0 Å². The van der Waals surface area contributed by atoms with Crippen LogP contribution in [0.3, 0.4) is 0 Å². The average molecular weight is 352 g/mol. The number of halogens is 2. The van der Waals surface area contributed by atoms with Crippen LogP contribution in [0.2, 0.25) is 10.0 Å². The molecule has 0 aromatic heterocycles. The molecular formula is C18H19Cl2NO2. The molecule has 5 heteroatoms. The number of hydrogen-bond acceptors (Lipinski definition) is 2. The van der Waals surface area contributed by atoms with E-state index in [1.807, 2.05) is 24.3 Å². The lowest BCUT2D eigenvalue weighted by Crippen LogP contribution is -2.30. The van der Waals surface area contributed by atoms with Crippen molar-refractivity contribution in [2.45, 2.75) is 32.8 Å². The Morgan fingerprint density at radius 2 is 1.78 bits per heavy atom. The molecule has 0 saturated carbocycles. The van der Waals surface area contributed by atoms with Gasteiger partial charge in [0.1, 0.15) is 5.75 Å². The summed E-state index contributed by atoms with van der Waals surface area (Å²) in [7, 11) is 0. The molecule has 0 aliphatic heterocycles. The smallest absolute Gasteiger partial charge is 0.265 e. The van der Waals surface area contributed by atoms with Crippen molar-refractivity contribution in [1.29, 1.82) is 0 Å². The van der Waals surface area contributed by atoms with Gasteiger partial charge < -0.3 is 10.1 Å². The van der Waals surface area contributed by atoms with E-state index in [0.717, 1.165) is 5.56 Å². The van der Waals surface area contributed by atoms with Crippen molar-refractivity contribution in [2.75, 3.05) is 5.32 Å². The second-order valence-corrected chi connectivity index (χ2v) is 6.41. The quantitative estimate of drug-likeness (QED) is 0.769. The summed E-state index contributed by atoms with van der Waals surface area (Å²) < 4.78 is 5.82. The zero-order valence-corrected chi connectivity index (χ0v) is 14.8. The molecule has 0 bridgehead atoms. The van der Waals surface area contributed by atoms with E-state index in [1.54, 1.807) is 25.1 Å². The summed E-state index contributed by atoms with van der Waals surface area (Å²) in [5.74, 6) is 0.735. The van der Waals surface area contributed by atoms with E-state index in [-0.39, 0.29) is 5.91 Å². The molecular weight excluding hydrogens is 333 g/mol. The van der Waals surface area contributed by atoms with Crippen molar-refractivity contribution < 1.29 is 9.53 Å². The van der Waals surface area contributed by atoms with Crippen molar-refractivity contribution in [3.8, 4) is 5.75 Å². The van der Waals surface area contributed by atoms with E-state index in [9.17, 15) is 4.79 Å². The molecule has 0 spiro atoms. The maximum absolute atomic E-state index is 12.3. The monoisotopic (exact) mass is 351 g/mol. The molecule has 2 rings (SSSR count). The highest BCUT2D eigenvalue weighted by atomic mass is 35.5. The molecule has 0 fully saturated rings. The Morgan fingerprint density at radius 3 is 2.48 bits per heavy atom. The van der Waals surface area contributed by atoms with Crippen LogP contribution in [0.15, 0.2) is 42.5 Å². The molecule has 1 atom stereocenters. The molecule has 0 aliphatic rings. The zero-order chi connectivity index (χ0) is 17.0. The number of nitrogens with one attached hydrogen (secondary N) is 1. The van der Waals surface area contributed by atoms with Gasteiger partial charge in [0, 0.05) is 5.02 Å². The topological polar surface area (TPSA) is 38.3 Å². The van der Waals surface area contributed by atoms with Gasteiger partial charge in [-0.1, -0.05) is 55.2 Å². The normalized spacial score (nSPS) is 12.1. The second kappa shape index (κ2) is 7.71. The predicted molar refractivity (Wildman–Crippen MR) is 95.7 cm³/mol. The van der Waals surface area contributed by atoms with Crippen LogP contribution in [-0.4, -0.2) is 12.0 Å². The molecule has 0 radical (unpaired) electrons. The third kappa shape index (κ3) is 4.63. The van der Waals surface area contributed by atoms with Crippen LogP contribution in [0.5, 0.6) is 5.75 Å². The first-order valence-electron chi connectivity index (χ1n) is 7.40. The maximum Gasteiger partial charge on any atom is 0.265 e. The summed E-state index contributed by atoms with van der Waals surface area (Å²) in [6, 6.07) is 12.6. The largest absolute Gasteiger partial charge is 0.481 e. The third-order valence-corrected chi connectivity index (χ3v) is 3.96. The SMILES string of the molecule is CC(C)c1ccccc1O[C@@H](C)C(=O)Nc1cc(Cl)ccc1Cl. The van der Waals surface area contributed by atoms with E-state index in [2.05, 4.69) is 19.2 Å². The first kappa shape index (κ1) is 17.6. The van der Waals surface area contributed by atoms with E-state index in [4.69, 9.17) is 27.9 Å². The summed E-state index contributed by atoms with van der Waals surface area (Å²) in [4.78, 5) is 12.3. The number of ether oxygens (including phenoxy) is 1. The van der Waals surface area contributed by atoms with Crippen LogP contribution in [0.1, 0.15) is 32.3 Å². The van der Waals surface area contributed by atoms with Gasteiger partial charge in [-0.05, 0) is 42.7 Å². The van der Waals surface area contributed by atoms with Gasteiger partial charge in [0.25, 0.3) is 5.91 Å². The van der Waals surface area contributed by atoms with Gasteiger partial charge in [0.05, 0.1) is 10.7 Å². The molecule has 2 aromatic carbocycles. The number of para-hydroxylation sites is 1. The highest BCUT2D eigenvalue weighted by molar-refractivity contribution is 6.35. The first-order chi connectivity index (χ1) is 10.9. The number of rotatable bonds is 5. The van der Waals surface area contributed by atoms with Crippen LogP contribution in [0.4, 0.5) is 5.69 Å². The van der Waals surface area contributed by atoms with Gasteiger partial charge in [-0.3, -0.25) is 4.79 Å². The molecule has 2 aromatic rings. The number of carbonyl (C=O) groups excluding carboxylic acids is 1. The minimum atomic E-state index is -0.662. The molecule has 3 nitrogen and oxygen atoms in total. The summed E-state index contributed by atoms with van der Waals surface area (Å²) in [5, 5.41) is 3.67. The van der Waals surface area contributed by atoms with E-state index < -0.39 is 6.10 Å². The molecule has 0 heterocycles. The van der Waals surface area contributed by atoms with Crippen molar-refractivity contribution >= 4 is 34.8 Å². The number of carbonyl (C=O) groups is 1. The lowest BCUT2D eigenvalue weighted by Gasteiger charge is -2.19. The van der Waals surface area contributed by atoms with Crippen molar-refractivity contribution in [3.63, 3.8) is 0 Å². The Morgan fingerprint density at radius 1 is 1.09 bits per heavy atom. The first-order valence-corrected chi connectivity index (χ1v) is 8.15. The molecule has 0 aliphatic carbocycles. The average Bonchev–Trinajstić information content (AvgIpc) is 2.51. The molecule has 1 N–H and O–H groups in total. The lowest BCUT2D eigenvalue weighted by molar-refractivity contribution is -0.122. The number of hydrogen-bond donors (Lipinski definition) is 1. The van der Waals surface area contributed by atoms with Crippen LogP contribution >= 0.6 is 23.2 Å². The van der Waals surface area contributed by atoms with Gasteiger partial charge >= 0.3 is 0 Å². The summed E-state index contributed by atoms with van der Waals surface area (Å²) in [6.45, 7) is 5.86. The van der Waals surface area contributed by atoms with E-state index in [0.29, 0.717) is 27.4 Å². The van der Waals surface area contributed by atoms with Gasteiger partial charge in [0.15, 0.2) is 6.10 Å². The minimum absolute atomic E-state index is 0.285.